The minimum atomic E-state index is 0.959. The van der Waals surface area contributed by atoms with Crippen LogP contribution < -0.4 is 5.32 Å². The first-order chi connectivity index (χ1) is 6.29. The zero-order chi connectivity index (χ0) is 9.52. The summed E-state index contributed by atoms with van der Waals surface area (Å²) in [6, 6.07) is 5.89. The van der Waals surface area contributed by atoms with Gasteiger partial charge in [0.05, 0.1) is 0 Å². The Hall–Kier alpha value is -1.09. The highest BCUT2D eigenvalue weighted by atomic mass is 15.1. The Morgan fingerprint density at radius 3 is 2.85 bits per heavy atom. The average Bonchev–Trinajstić information content (AvgIpc) is 2.14. The quantitative estimate of drug-likeness (QED) is 0.693. The van der Waals surface area contributed by atoms with E-state index < -0.39 is 0 Å². The molecular weight excluding hydrogens is 162 g/mol. The smallest absolute Gasteiger partial charge is 0.125 e. The summed E-state index contributed by atoms with van der Waals surface area (Å²) in [6.07, 6.45) is 2.94. The summed E-state index contributed by atoms with van der Waals surface area (Å²) in [4.78, 5) is 6.35. The first-order valence-electron chi connectivity index (χ1n) is 4.58. The molecule has 0 aliphatic heterocycles. The van der Waals surface area contributed by atoms with E-state index in [1.165, 1.54) is 0 Å². The lowest BCUT2D eigenvalue weighted by molar-refractivity contribution is 0.405. The molecule has 0 unspecified atom stereocenters. The van der Waals surface area contributed by atoms with Gasteiger partial charge in [-0.15, -0.1) is 0 Å². The molecule has 13 heavy (non-hydrogen) atoms. The summed E-state index contributed by atoms with van der Waals surface area (Å²) in [6.45, 7) is 2.09. The van der Waals surface area contributed by atoms with Gasteiger partial charge in [0.25, 0.3) is 0 Å². The van der Waals surface area contributed by atoms with Gasteiger partial charge in [-0.25, -0.2) is 4.98 Å². The Morgan fingerprint density at radius 2 is 2.23 bits per heavy atom. The maximum atomic E-state index is 4.17. The van der Waals surface area contributed by atoms with Crippen molar-refractivity contribution in [3.05, 3.63) is 24.4 Å². The highest BCUT2D eigenvalue weighted by molar-refractivity contribution is 5.32. The molecule has 0 aliphatic rings. The molecule has 0 saturated carbocycles. The van der Waals surface area contributed by atoms with Crippen LogP contribution in [-0.4, -0.2) is 37.1 Å². The van der Waals surface area contributed by atoms with E-state index in [0.29, 0.717) is 0 Å². The van der Waals surface area contributed by atoms with Crippen LogP contribution in [0, 0.1) is 0 Å². The van der Waals surface area contributed by atoms with Gasteiger partial charge in [0.1, 0.15) is 5.82 Å². The summed E-state index contributed by atoms with van der Waals surface area (Å²) >= 11 is 0. The highest BCUT2D eigenvalue weighted by Gasteiger charge is 1.91. The molecule has 0 saturated heterocycles. The normalized spacial score (nSPS) is 10.4. The van der Waals surface area contributed by atoms with Crippen LogP contribution in [0.3, 0.4) is 0 Å². The van der Waals surface area contributed by atoms with E-state index in [2.05, 4.69) is 29.3 Å². The Labute approximate surface area is 79.8 Å². The predicted molar refractivity (Wildman–Crippen MR) is 55.9 cm³/mol. The second-order valence-corrected chi connectivity index (χ2v) is 3.30. The van der Waals surface area contributed by atoms with E-state index in [0.717, 1.165) is 25.3 Å². The molecule has 1 aromatic heterocycles. The fourth-order valence-electron chi connectivity index (χ4n) is 1.08. The predicted octanol–water partition coefficient (Wildman–Crippen LogP) is 1.45. The molecule has 3 heteroatoms. The maximum absolute atomic E-state index is 4.17. The van der Waals surface area contributed by atoms with Gasteiger partial charge in [0.2, 0.25) is 0 Å². The minimum Gasteiger partial charge on any atom is -0.370 e. The molecule has 1 aromatic rings. The molecule has 0 aromatic carbocycles. The van der Waals surface area contributed by atoms with Gasteiger partial charge in [-0.05, 0) is 39.2 Å². The molecule has 0 radical (unpaired) electrons. The largest absolute Gasteiger partial charge is 0.370 e. The summed E-state index contributed by atoms with van der Waals surface area (Å²) < 4.78 is 0. The van der Waals surface area contributed by atoms with Crippen molar-refractivity contribution in [3.63, 3.8) is 0 Å². The molecule has 0 spiro atoms. The average molecular weight is 179 g/mol. The van der Waals surface area contributed by atoms with E-state index >= 15 is 0 Å². The van der Waals surface area contributed by atoms with Gasteiger partial charge >= 0.3 is 0 Å². The Bertz CT molecular complexity index is 221. The number of hydrogen-bond acceptors (Lipinski definition) is 3. The van der Waals surface area contributed by atoms with Gasteiger partial charge < -0.3 is 10.2 Å². The summed E-state index contributed by atoms with van der Waals surface area (Å²) in [5.74, 6) is 0.959. The van der Waals surface area contributed by atoms with Crippen molar-refractivity contribution in [2.45, 2.75) is 6.42 Å². The fourth-order valence-corrected chi connectivity index (χ4v) is 1.08. The summed E-state index contributed by atoms with van der Waals surface area (Å²) in [7, 11) is 4.17. The van der Waals surface area contributed by atoms with Crippen LogP contribution >= 0.6 is 0 Å². The van der Waals surface area contributed by atoms with Crippen LogP contribution in [0.4, 0.5) is 5.82 Å². The van der Waals surface area contributed by atoms with Gasteiger partial charge in [0, 0.05) is 12.7 Å². The van der Waals surface area contributed by atoms with Crippen molar-refractivity contribution in [1.29, 1.82) is 0 Å². The number of anilines is 1. The first-order valence-corrected chi connectivity index (χ1v) is 4.58. The third kappa shape index (κ3) is 4.48. The monoisotopic (exact) mass is 179 g/mol. The van der Waals surface area contributed by atoms with E-state index in [-0.39, 0.29) is 0 Å². The molecule has 0 bridgehead atoms. The molecule has 0 amide bonds. The van der Waals surface area contributed by atoms with E-state index in [1.54, 1.807) is 6.20 Å². The van der Waals surface area contributed by atoms with Crippen LogP contribution in [0.2, 0.25) is 0 Å². The summed E-state index contributed by atoms with van der Waals surface area (Å²) in [5, 5.41) is 3.26. The number of nitrogens with zero attached hydrogens (tertiary/aromatic N) is 2. The van der Waals surface area contributed by atoms with Crippen LogP contribution in [0.15, 0.2) is 24.4 Å². The zero-order valence-electron chi connectivity index (χ0n) is 8.33. The van der Waals surface area contributed by atoms with E-state index in [9.17, 15) is 0 Å². The van der Waals surface area contributed by atoms with Crippen LogP contribution in [0.25, 0.3) is 0 Å². The van der Waals surface area contributed by atoms with Crippen LogP contribution in [0.5, 0.6) is 0 Å². The van der Waals surface area contributed by atoms with Gasteiger partial charge in [-0.3, -0.25) is 0 Å². The van der Waals surface area contributed by atoms with Gasteiger partial charge in [0.15, 0.2) is 0 Å². The number of pyridine rings is 1. The lowest BCUT2D eigenvalue weighted by Crippen LogP contribution is -2.16. The lowest BCUT2D eigenvalue weighted by Gasteiger charge is -2.09. The molecule has 0 atom stereocenters. The second kappa shape index (κ2) is 5.54. The van der Waals surface area contributed by atoms with Crippen molar-refractivity contribution in [3.8, 4) is 0 Å². The third-order valence-corrected chi connectivity index (χ3v) is 1.75. The number of nitrogens with one attached hydrogen (secondary N) is 1. The Morgan fingerprint density at radius 1 is 1.38 bits per heavy atom. The van der Waals surface area contributed by atoms with Gasteiger partial charge in [-0.1, -0.05) is 6.07 Å². The van der Waals surface area contributed by atoms with Crippen LogP contribution in [-0.2, 0) is 0 Å². The van der Waals surface area contributed by atoms with Gasteiger partial charge in [-0.2, -0.15) is 0 Å². The molecule has 1 N–H and O–H groups in total. The van der Waals surface area contributed by atoms with E-state index in [4.69, 9.17) is 0 Å². The van der Waals surface area contributed by atoms with Crippen molar-refractivity contribution < 1.29 is 0 Å². The third-order valence-electron chi connectivity index (χ3n) is 1.75. The topological polar surface area (TPSA) is 28.2 Å². The lowest BCUT2D eigenvalue weighted by atomic mass is 10.4. The Kier molecular flexibility index (Phi) is 4.26. The fraction of sp³-hybridized carbons (Fsp3) is 0.500. The molecule has 0 fully saturated rings. The standard InChI is InChI=1S/C10H17N3/c1-13(2)9-5-8-12-10-6-3-4-7-11-10/h3-4,6-7H,5,8-9H2,1-2H3,(H,11,12). The molecule has 0 aliphatic carbocycles. The number of hydrogen-bond donors (Lipinski definition) is 1. The molecule has 3 nitrogen and oxygen atoms in total. The molecule has 1 rings (SSSR count). The van der Waals surface area contributed by atoms with E-state index in [1.807, 2.05) is 18.2 Å². The maximum Gasteiger partial charge on any atom is 0.125 e. The van der Waals surface area contributed by atoms with Crippen molar-refractivity contribution in [2.24, 2.45) is 0 Å². The van der Waals surface area contributed by atoms with Crippen molar-refractivity contribution >= 4 is 5.82 Å². The summed E-state index contributed by atoms with van der Waals surface area (Å²) in [5.41, 5.74) is 0. The second-order valence-electron chi connectivity index (χ2n) is 3.30. The van der Waals surface area contributed by atoms with Crippen LogP contribution in [0.1, 0.15) is 6.42 Å². The molecule has 72 valence electrons. The highest BCUT2D eigenvalue weighted by Crippen LogP contribution is 1.99. The number of rotatable bonds is 5. The molecule has 1 heterocycles. The zero-order valence-corrected chi connectivity index (χ0v) is 8.33. The van der Waals surface area contributed by atoms with Crippen molar-refractivity contribution in [1.82, 2.24) is 9.88 Å². The minimum absolute atomic E-state index is 0.959. The van der Waals surface area contributed by atoms with Crippen molar-refractivity contribution in [2.75, 3.05) is 32.5 Å². The first kappa shape index (κ1) is 9.99. The SMILES string of the molecule is CN(C)CCCNc1ccccn1. The molecular formula is C10H17N3. The Balaban J connectivity index is 2.13. The number of aromatic nitrogens is 1.